The topological polar surface area (TPSA) is 23.5 Å². The minimum absolute atomic E-state index is 0.269. The first-order chi connectivity index (χ1) is 5.50. The predicted octanol–water partition coefficient (Wildman–Crippen LogP) is 2.22. The van der Waals surface area contributed by atoms with Crippen LogP contribution in [0.25, 0.3) is 0 Å². The molecule has 0 saturated carbocycles. The van der Waals surface area contributed by atoms with Crippen molar-refractivity contribution in [1.29, 1.82) is 0 Å². The summed E-state index contributed by atoms with van der Waals surface area (Å²) in [6.45, 7) is 10.6. The Morgan fingerprint density at radius 3 is 1.75 bits per heavy atom. The first-order valence-corrected chi connectivity index (χ1v) is 4.96. The van der Waals surface area contributed by atoms with Crippen LogP contribution in [0.1, 0.15) is 47.5 Å². The largest absolute Gasteiger partial charge is 0.378 e. The van der Waals surface area contributed by atoms with Gasteiger partial charge in [0.1, 0.15) is 6.23 Å². The van der Waals surface area contributed by atoms with E-state index in [1.165, 1.54) is 0 Å². The van der Waals surface area contributed by atoms with Crippen LogP contribution in [-0.2, 0) is 0 Å². The standard InChI is InChI=1S/C10H23NO/c1-6-7-10(12)11(8(2)3)9(4)5/h8-10,12H,6-7H2,1-5H3. The van der Waals surface area contributed by atoms with Gasteiger partial charge in [-0.3, -0.25) is 4.90 Å². The van der Waals surface area contributed by atoms with Crippen LogP contribution in [0.5, 0.6) is 0 Å². The molecule has 0 aliphatic heterocycles. The maximum absolute atomic E-state index is 9.78. The van der Waals surface area contributed by atoms with E-state index in [4.69, 9.17) is 0 Å². The SMILES string of the molecule is CCCC(O)N(C(C)C)C(C)C. The van der Waals surface area contributed by atoms with Crippen LogP contribution in [0.3, 0.4) is 0 Å². The van der Waals surface area contributed by atoms with Gasteiger partial charge < -0.3 is 5.11 Å². The van der Waals surface area contributed by atoms with Crippen LogP contribution in [-0.4, -0.2) is 28.3 Å². The highest BCUT2D eigenvalue weighted by Crippen LogP contribution is 2.12. The van der Waals surface area contributed by atoms with Gasteiger partial charge in [-0.1, -0.05) is 13.3 Å². The molecular formula is C10H23NO. The Hall–Kier alpha value is -0.0800. The average Bonchev–Trinajstić information content (AvgIpc) is 1.85. The van der Waals surface area contributed by atoms with E-state index < -0.39 is 0 Å². The van der Waals surface area contributed by atoms with Crippen LogP contribution >= 0.6 is 0 Å². The Morgan fingerprint density at radius 2 is 1.50 bits per heavy atom. The normalized spacial score (nSPS) is 14.8. The van der Waals surface area contributed by atoms with Crippen LogP contribution in [0, 0.1) is 0 Å². The smallest absolute Gasteiger partial charge is 0.107 e. The van der Waals surface area contributed by atoms with E-state index >= 15 is 0 Å². The number of hydrogen-bond donors (Lipinski definition) is 1. The van der Waals surface area contributed by atoms with Gasteiger partial charge in [0.05, 0.1) is 0 Å². The average molecular weight is 173 g/mol. The lowest BCUT2D eigenvalue weighted by Crippen LogP contribution is -2.44. The highest BCUT2D eigenvalue weighted by Gasteiger charge is 2.20. The predicted molar refractivity (Wildman–Crippen MR) is 53.0 cm³/mol. The summed E-state index contributed by atoms with van der Waals surface area (Å²) in [5, 5.41) is 9.78. The molecular weight excluding hydrogens is 150 g/mol. The van der Waals surface area contributed by atoms with Crippen molar-refractivity contribution in [2.75, 3.05) is 0 Å². The third-order valence-corrected chi connectivity index (χ3v) is 2.08. The number of aliphatic hydroxyl groups excluding tert-OH is 1. The lowest BCUT2D eigenvalue weighted by Gasteiger charge is -2.34. The minimum atomic E-state index is -0.269. The zero-order chi connectivity index (χ0) is 9.72. The van der Waals surface area contributed by atoms with E-state index in [-0.39, 0.29) is 6.23 Å². The molecule has 1 unspecified atom stereocenters. The Balaban J connectivity index is 4.09. The Labute approximate surface area is 76.6 Å². The van der Waals surface area contributed by atoms with Crippen LogP contribution < -0.4 is 0 Å². The quantitative estimate of drug-likeness (QED) is 0.644. The fourth-order valence-electron chi connectivity index (χ4n) is 1.69. The summed E-state index contributed by atoms with van der Waals surface area (Å²) in [5.41, 5.74) is 0. The van der Waals surface area contributed by atoms with E-state index in [1.54, 1.807) is 0 Å². The fourth-order valence-corrected chi connectivity index (χ4v) is 1.69. The van der Waals surface area contributed by atoms with Gasteiger partial charge in [0, 0.05) is 12.1 Å². The summed E-state index contributed by atoms with van der Waals surface area (Å²) in [7, 11) is 0. The van der Waals surface area contributed by atoms with Gasteiger partial charge in [-0.25, -0.2) is 0 Å². The third kappa shape index (κ3) is 3.55. The summed E-state index contributed by atoms with van der Waals surface area (Å²) in [5.74, 6) is 0. The van der Waals surface area contributed by atoms with Crippen molar-refractivity contribution in [3.05, 3.63) is 0 Å². The molecule has 0 aliphatic carbocycles. The summed E-state index contributed by atoms with van der Waals surface area (Å²) >= 11 is 0. The van der Waals surface area contributed by atoms with Crippen molar-refractivity contribution in [3.8, 4) is 0 Å². The molecule has 0 heterocycles. The number of hydrogen-bond acceptors (Lipinski definition) is 2. The zero-order valence-electron chi connectivity index (χ0n) is 9.04. The van der Waals surface area contributed by atoms with Gasteiger partial charge in [0.25, 0.3) is 0 Å². The molecule has 2 nitrogen and oxygen atoms in total. The highest BCUT2D eigenvalue weighted by molar-refractivity contribution is 4.69. The number of nitrogens with zero attached hydrogens (tertiary/aromatic N) is 1. The van der Waals surface area contributed by atoms with Crippen LogP contribution in [0.4, 0.5) is 0 Å². The molecule has 12 heavy (non-hydrogen) atoms. The van der Waals surface area contributed by atoms with Gasteiger partial charge >= 0.3 is 0 Å². The van der Waals surface area contributed by atoms with Crippen molar-refractivity contribution in [3.63, 3.8) is 0 Å². The first-order valence-electron chi connectivity index (χ1n) is 4.96. The van der Waals surface area contributed by atoms with Gasteiger partial charge in [0.2, 0.25) is 0 Å². The molecule has 1 atom stereocenters. The van der Waals surface area contributed by atoms with Crippen molar-refractivity contribution in [1.82, 2.24) is 4.90 Å². The maximum atomic E-state index is 9.78. The van der Waals surface area contributed by atoms with Gasteiger partial charge in [-0.05, 0) is 34.1 Å². The van der Waals surface area contributed by atoms with Crippen LogP contribution in [0.2, 0.25) is 0 Å². The molecule has 0 rings (SSSR count). The third-order valence-electron chi connectivity index (χ3n) is 2.08. The van der Waals surface area contributed by atoms with Crippen molar-refractivity contribution >= 4 is 0 Å². The van der Waals surface area contributed by atoms with E-state index in [9.17, 15) is 5.11 Å². The fraction of sp³-hybridized carbons (Fsp3) is 1.00. The molecule has 0 bridgehead atoms. The Morgan fingerprint density at radius 1 is 1.08 bits per heavy atom. The molecule has 0 amide bonds. The minimum Gasteiger partial charge on any atom is -0.378 e. The second-order valence-electron chi connectivity index (χ2n) is 3.90. The molecule has 74 valence electrons. The summed E-state index contributed by atoms with van der Waals surface area (Å²) in [4.78, 5) is 2.14. The molecule has 1 N–H and O–H groups in total. The molecule has 0 aromatic heterocycles. The van der Waals surface area contributed by atoms with E-state index in [0.717, 1.165) is 12.8 Å². The molecule has 0 saturated heterocycles. The second-order valence-corrected chi connectivity index (χ2v) is 3.90. The van der Waals surface area contributed by atoms with Crippen LogP contribution in [0.15, 0.2) is 0 Å². The van der Waals surface area contributed by atoms with Crippen molar-refractivity contribution in [2.24, 2.45) is 0 Å². The Bertz CT molecular complexity index is 104. The van der Waals surface area contributed by atoms with Gasteiger partial charge in [-0.15, -0.1) is 0 Å². The van der Waals surface area contributed by atoms with E-state index in [2.05, 4.69) is 39.5 Å². The summed E-state index contributed by atoms with van der Waals surface area (Å²) in [6, 6.07) is 0.845. The van der Waals surface area contributed by atoms with Gasteiger partial charge in [0.15, 0.2) is 0 Å². The molecule has 0 spiro atoms. The molecule has 0 aromatic rings. The molecule has 0 radical (unpaired) electrons. The van der Waals surface area contributed by atoms with E-state index in [0.29, 0.717) is 12.1 Å². The number of aliphatic hydroxyl groups is 1. The van der Waals surface area contributed by atoms with E-state index in [1.807, 2.05) is 0 Å². The summed E-state index contributed by atoms with van der Waals surface area (Å²) in [6.07, 6.45) is 1.64. The molecule has 2 heteroatoms. The lowest BCUT2D eigenvalue weighted by atomic mass is 10.2. The first kappa shape index (κ1) is 11.9. The number of rotatable bonds is 5. The van der Waals surface area contributed by atoms with Crippen molar-refractivity contribution < 1.29 is 5.11 Å². The molecule has 0 fully saturated rings. The van der Waals surface area contributed by atoms with Gasteiger partial charge in [-0.2, -0.15) is 0 Å². The Kier molecular flexibility index (Phi) is 5.51. The lowest BCUT2D eigenvalue weighted by molar-refractivity contribution is -0.0419. The second kappa shape index (κ2) is 5.55. The molecule has 0 aliphatic rings. The monoisotopic (exact) mass is 173 g/mol. The maximum Gasteiger partial charge on any atom is 0.107 e. The zero-order valence-corrected chi connectivity index (χ0v) is 9.04. The summed E-state index contributed by atoms with van der Waals surface area (Å²) < 4.78 is 0. The highest BCUT2D eigenvalue weighted by atomic mass is 16.3. The van der Waals surface area contributed by atoms with Crippen molar-refractivity contribution in [2.45, 2.75) is 65.8 Å². The molecule has 0 aromatic carbocycles.